The van der Waals surface area contributed by atoms with E-state index < -0.39 is 5.91 Å². The van der Waals surface area contributed by atoms with E-state index in [2.05, 4.69) is 0 Å². The summed E-state index contributed by atoms with van der Waals surface area (Å²) in [6.45, 7) is 6.31. The van der Waals surface area contributed by atoms with Crippen LogP contribution in [0.15, 0.2) is 12.1 Å². The van der Waals surface area contributed by atoms with Crippen molar-refractivity contribution < 1.29 is 4.79 Å². The van der Waals surface area contributed by atoms with Gasteiger partial charge >= 0.3 is 0 Å². The number of benzene rings is 1. The summed E-state index contributed by atoms with van der Waals surface area (Å²) in [5.74, 6) is -0.470. The molecule has 0 saturated carbocycles. The van der Waals surface area contributed by atoms with Crippen LogP contribution in [0.25, 0.3) is 0 Å². The van der Waals surface area contributed by atoms with Crippen LogP contribution in [0.5, 0.6) is 0 Å². The molecular weight excluding hydrogens is 224 g/mol. The molecule has 0 spiro atoms. The summed E-state index contributed by atoms with van der Waals surface area (Å²) in [6, 6.07) is 3.42. The van der Waals surface area contributed by atoms with Gasteiger partial charge in [0.1, 0.15) is 0 Å². The van der Waals surface area contributed by atoms with Crippen molar-refractivity contribution >= 4 is 17.5 Å². The van der Waals surface area contributed by atoms with Crippen molar-refractivity contribution in [3.8, 4) is 0 Å². The fraction of sp³-hybridized carbons (Fsp3) is 0.417. The minimum absolute atomic E-state index is 0.293. The van der Waals surface area contributed by atoms with Crippen molar-refractivity contribution in [2.45, 2.75) is 26.2 Å². The highest BCUT2D eigenvalue weighted by Crippen LogP contribution is 2.31. The first-order valence-electron chi connectivity index (χ1n) is 5.10. The maximum absolute atomic E-state index is 11.4. The molecule has 4 heteroatoms. The van der Waals surface area contributed by atoms with Crippen molar-refractivity contribution in [1.29, 1.82) is 0 Å². The third kappa shape index (κ3) is 2.36. The molecule has 0 aliphatic carbocycles. The summed E-state index contributed by atoms with van der Waals surface area (Å²) in [5, 5.41) is 0.517. The highest BCUT2D eigenvalue weighted by Gasteiger charge is 2.26. The number of nitrogens with two attached hydrogens (primary N) is 2. The lowest BCUT2D eigenvalue weighted by Gasteiger charge is -2.27. The molecule has 1 aromatic carbocycles. The molecule has 0 radical (unpaired) electrons. The van der Waals surface area contributed by atoms with Crippen LogP contribution in [0, 0.1) is 6.92 Å². The first-order valence-corrected chi connectivity index (χ1v) is 5.48. The molecule has 16 heavy (non-hydrogen) atoms. The van der Waals surface area contributed by atoms with Crippen molar-refractivity contribution in [2.75, 3.05) is 6.54 Å². The highest BCUT2D eigenvalue weighted by molar-refractivity contribution is 6.31. The van der Waals surface area contributed by atoms with Gasteiger partial charge in [-0.15, -0.1) is 0 Å². The van der Waals surface area contributed by atoms with Gasteiger partial charge in [0.25, 0.3) is 0 Å². The Morgan fingerprint density at radius 3 is 2.44 bits per heavy atom. The smallest absolute Gasteiger partial charge is 0.249 e. The standard InChI is InChI=1S/C12H17ClN2O/c1-7-4-8(13)5-9(11(15)16)10(7)12(2,3)6-14/h4-5H,6,14H2,1-3H3,(H2,15,16). The number of carbonyl (C=O) groups is 1. The van der Waals surface area contributed by atoms with Gasteiger partial charge in [0.2, 0.25) is 5.91 Å². The summed E-state index contributed by atoms with van der Waals surface area (Å²) in [7, 11) is 0. The van der Waals surface area contributed by atoms with Gasteiger partial charge in [-0.05, 0) is 30.2 Å². The highest BCUT2D eigenvalue weighted by atomic mass is 35.5. The number of aryl methyl sites for hydroxylation is 1. The first-order chi connectivity index (χ1) is 7.29. The van der Waals surface area contributed by atoms with Crippen molar-refractivity contribution in [3.05, 3.63) is 33.8 Å². The van der Waals surface area contributed by atoms with E-state index in [1.54, 1.807) is 6.07 Å². The van der Waals surface area contributed by atoms with Gasteiger partial charge < -0.3 is 11.5 Å². The third-order valence-electron chi connectivity index (χ3n) is 2.75. The van der Waals surface area contributed by atoms with Crippen LogP contribution >= 0.6 is 11.6 Å². The molecule has 1 rings (SSSR count). The Bertz CT molecular complexity index is 427. The van der Waals surface area contributed by atoms with E-state index in [-0.39, 0.29) is 5.41 Å². The lowest BCUT2D eigenvalue weighted by atomic mass is 9.79. The van der Waals surface area contributed by atoms with E-state index in [1.807, 2.05) is 26.8 Å². The number of hydrogen-bond acceptors (Lipinski definition) is 2. The van der Waals surface area contributed by atoms with Crippen molar-refractivity contribution in [1.82, 2.24) is 0 Å². The number of primary amides is 1. The third-order valence-corrected chi connectivity index (χ3v) is 2.97. The van der Waals surface area contributed by atoms with Gasteiger partial charge in [-0.2, -0.15) is 0 Å². The monoisotopic (exact) mass is 240 g/mol. The Balaban J connectivity index is 3.53. The van der Waals surface area contributed by atoms with Gasteiger partial charge in [-0.3, -0.25) is 4.79 Å². The number of amides is 1. The van der Waals surface area contributed by atoms with E-state index in [1.165, 1.54) is 0 Å². The number of hydrogen-bond donors (Lipinski definition) is 2. The zero-order valence-corrected chi connectivity index (χ0v) is 10.6. The molecule has 3 nitrogen and oxygen atoms in total. The lowest BCUT2D eigenvalue weighted by molar-refractivity contribution is 0.0998. The summed E-state index contributed by atoms with van der Waals surface area (Å²) in [6.07, 6.45) is 0. The van der Waals surface area contributed by atoms with Gasteiger partial charge in [0.15, 0.2) is 0 Å². The molecule has 0 aliphatic rings. The largest absolute Gasteiger partial charge is 0.366 e. The molecule has 0 fully saturated rings. The quantitative estimate of drug-likeness (QED) is 0.848. The van der Waals surface area contributed by atoms with Crippen LogP contribution in [0.4, 0.5) is 0 Å². The molecule has 1 amide bonds. The molecule has 0 atom stereocenters. The van der Waals surface area contributed by atoms with Crippen LogP contribution in [-0.4, -0.2) is 12.5 Å². The van der Waals surface area contributed by atoms with E-state index in [0.29, 0.717) is 17.1 Å². The van der Waals surface area contributed by atoms with Gasteiger partial charge in [0, 0.05) is 22.5 Å². The predicted molar refractivity (Wildman–Crippen MR) is 66.8 cm³/mol. The molecule has 88 valence electrons. The van der Waals surface area contributed by atoms with Crippen LogP contribution in [0.3, 0.4) is 0 Å². The van der Waals surface area contributed by atoms with Crippen LogP contribution in [0.2, 0.25) is 5.02 Å². The van der Waals surface area contributed by atoms with Crippen molar-refractivity contribution in [2.24, 2.45) is 11.5 Å². The molecule has 0 heterocycles. The van der Waals surface area contributed by atoms with Gasteiger partial charge in [-0.25, -0.2) is 0 Å². The van der Waals surface area contributed by atoms with E-state index in [4.69, 9.17) is 23.1 Å². The zero-order chi connectivity index (χ0) is 12.5. The molecule has 4 N–H and O–H groups in total. The average molecular weight is 241 g/mol. The minimum Gasteiger partial charge on any atom is -0.366 e. The lowest BCUT2D eigenvalue weighted by Crippen LogP contribution is -2.32. The van der Waals surface area contributed by atoms with Crippen LogP contribution < -0.4 is 11.5 Å². The van der Waals surface area contributed by atoms with Gasteiger partial charge in [0.05, 0.1) is 0 Å². The molecule has 0 aromatic heterocycles. The summed E-state index contributed by atoms with van der Waals surface area (Å²) in [4.78, 5) is 11.4. The second kappa shape index (κ2) is 4.44. The SMILES string of the molecule is Cc1cc(Cl)cc(C(N)=O)c1C(C)(C)CN. The fourth-order valence-corrected chi connectivity index (χ4v) is 2.21. The van der Waals surface area contributed by atoms with E-state index in [9.17, 15) is 4.79 Å². The summed E-state index contributed by atoms with van der Waals surface area (Å²) in [5.41, 5.74) is 13.1. The van der Waals surface area contributed by atoms with E-state index >= 15 is 0 Å². The predicted octanol–water partition coefficient (Wildman–Crippen LogP) is 1.98. The van der Waals surface area contributed by atoms with Gasteiger partial charge in [-0.1, -0.05) is 25.4 Å². The molecule has 0 unspecified atom stereocenters. The maximum atomic E-state index is 11.4. The normalized spacial score (nSPS) is 11.6. The second-order valence-electron chi connectivity index (χ2n) is 4.60. The summed E-state index contributed by atoms with van der Waals surface area (Å²) >= 11 is 5.92. The fourth-order valence-electron chi connectivity index (χ4n) is 1.94. The first kappa shape index (κ1) is 13.0. The average Bonchev–Trinajstić information content (AvgIpc) is 2.15. The summed E-state index contributed by atoms with van der Waals surface area (Å²) < 4.78 is 0. The molecule has 0 saturated heterocycles. The topological polar surface area (TPSA) is 69.1 Å². The maximum Gasteiger partial charge on any atom is 0.249 e. The number of carbonyl (C=O) groups excluding carboxylic acids is 1. The zero-order valence-electron chi connectivity index (χ0n) is 9.80. The van der Waals surface area contributed by atoms with Crippen LogP contribution in [-0.2, 0) is 5.41 Å². The second-order valence-corrected chi connectivity index (χ2v) is 5.03. The Kier molecular flexibility index (Phi) is 3.61. The van der Waals surface area contributed by atoms with Crippen molar-refractivity contribution in [3.63, 3.8) is 0 Å². The Morgan fingerprint density at radius 1 is 1.44 bits per heavy atom. The number of rotatable bonds is 3. The molecule has 0 aliphatic heterocycles. The van der Waals surface area contributed by atoms with Crippen LogP contribution in [0.1, 0.15) is 35.3 Å². The Hall–Kier alpha value is -1.06. The molecular formula is C12H17ClN2O. The Labute approximate surface area is 101 Å². The molecule has 1 aromatic rings. The molecule has 0 bridgehead atoms. The Morgan fingerprint density at radius 2 is 2.00 bits per heavy atom. The number of halogens is 1. The van der Waals surface area contributed by atoms with E-state index in [0.717, 1.165) is 11.1 Å². The minimum atomic E-state index is -0.470.